The molecule has 0 fully saturated rings. The summed E-state index contributed by atoms with van der Waals surface area (Å²) in [6, 6.07) is 6.89. The Labute approximate surface area is 97.6 Å². The fraction of sp³-hybridized carbons (Fsp3) is 0.167. The average molecular weight is 233 g/mol. The third-order valence-electron chi connectivity index (χ3n) is 2.30. The SMILES string of the molecule is COc1cc(C)cc(-c2cc(C(=O)O)no2)c1. The number of aromatic nitrogens is 1. The maximum atomic E-state index is 10.7. The smallest absolute Gasteiger partial charge is 0.358 e. The van der Waals surface area contributed by atoms with E-state index in [-0.39, 0.29) is 5.69 Å². The molecule has 0 amide bonds. The van der Waals surface area contributed by atoms with Gasteiger partial charge < -0.3 is 14.4 Å². The van der Waals surface area contributed by atoms with Crippen LogP contribution in [0.4, 0.5) is 0 Å². The molecule has 1 aromatic heterocycles. The van der Waals surface area contributed by atoms with Crippen molar-refractivity contribution >= 4 is 5.97 Å². The summed E-state index contributed by atoms with van der Waals surface area (Å²) in [4.78, 5) is 10.7. The molecule has 0 aliphatic carbocycles. The van der Waals surface area contributed by atoms with Crippen molar-refractivity contribution in [2.75, 3.05) is 7.11 Å². The van der Waals surface area contributed by atoms with Crippen LogP contribution in [-0.4, -0.2) is 23.3 Å². The Bertz CT molecular complexity index is 559. The van der Waals surface area contributed by atoms with Crippen molar-refractivity contribution in [2.24, 2.45) is 0 Å². The zero-order chi connectivity index (χ0) is 12.4. The molecular weight excluding hydrogens is 222 g/mol. The van der Waals surface area contributed by atoms with Crippen LogP contribution in [0.3, 0.4) is 0 Å². The van der Waals surface area contributed by atoms with Gasteiger partial charge in [0.25, 0.3) is 0 Å². The molecule has 0 aliphatic rings. The van der Waals surface area contributed by atoms with E-state index in [2.05, 4.69) is 5.16 Å². The van der Waals surface area contributed by atoms with E-state index in [0.29, 0.717) is 11.5 Å². The van der Waals surface area contributed by atoms with Gasteiger partial charge >= 0.3 is 5.97 Å². The maximum Gasteiger partial charge on any atom is 0.358 e. The van der Waals surface area contributed by atoms with Gasteiger partial charge in [-0.15, -0.1) is 0 Å². The van der Waals surface area contributed by atoms with Gasteiger partial charge in [-0.05, 0) is 30.7 Å². The van der Waals surface area contributed by atoms with E-state index in [0.717, 1.165) is 11.1 Å². The van der Waals surface area contributed by atoms with Crippen LogP contribution in [0.5, 0.6) is 5.75 Å². The number of aromatic carboxylic acids is 1. The van der Waals surface area contributed by atoms with Crippen LogP contribution in [0.25, 0.3) is 11.3 Å². The number of benzene rings is 1. The van der Waals surface area contributed by atoms with Gasteiger partial charge in [-0.1, -0.05) is 5.16 Å². The third kappa shape index (κ3) is 2.28. The fourth-order valence-electron chi connectivity index (χ4n) is 1.52. The first kappa shape index (κ1) is 11.2. The van der Waals surface area contributed by atoms with Crippen LogP contribution in [0, 0.1) is 6.92 Å². The van der Waals surface area contributed by atoms with Crippen LogP contribution in [-0.2, 0) is 0 Å². The minimum Gasteiger partial charge on any atom is -0.497 e. The number of methoxy groups -OCH3 is 1. The quantitative estimate of drug-likeness (QED) is 0.880. The van der Waals surface area contributed by atoms with Crippen molar-refractivity contribution in [3.8, 4) is 17.1 Å². The van der Waals surface area contributed by atoms with E-state index in [9.17, 15) is 4.79 Å². The molecule has 1 aromatic carbocycles. The molecule has 5 nitrogen and oxygen atoms in total. The highest BCUT2D eigenvalue weighted by Crippen LogP contribution is 2.26. The summed E-state index contributed by atoms with van der Waals surface area (Å²) in [5.74, 6) is -0.0164. The van der Waals surface area contributed by atoms with Crippen LogP contribution < -0.4 is 4.74 Å². The van der Waals surface area contributed by atoms with E-state index >= 15 is 0 Å². The van der Waals surface area contributed by atoms with Crippen molar-refractivity contribution in [1.29, 1.82) is 0 Å². The van der Waals surface area contributed by atoms with E-state index in [1.54, 1.807) is 13.2 Å². The van der Waals surface area contributed by atoms with Gasteiger partial charge in [0.05, 0.1) is 7.11 Å². The number of ether oxygens (including phenoxy) is 1. The molecule has 0 bridgehead atoms. The molecule has 0 spiro atoms. The second-order valence-electron chi connectivity index (χ2n) is 3.62. The van der Waals surface area contributed by atoms with E-state index in [4.69, 9.17) is 14.4 Å². The number of hydrogen-bond acceptors (Lipinski definition) is 4. The average Bonchev–Trinajstić information content (AvgIpc) is 2.77. The number of carboxylic acid groups (broad SMARTS) is 1. The van der Waals surface area contributed by atoms with Crippen LogP contribution >= 0.6 is 0 Å². The first-order chi connectivity index (χ1) is 8.10. The Morgan fingerprint density at radius 3 is 2.71 bits per heavy atom. The maximum absolute atomic E-state index is 10.7. The minimum absolute atomic E-state index is 0.111. The van der Waals surface area contributed by atoms with Crippen molar-refractivity contribution in [3.05, 3.63) is 35.5 Å². The summed E-state index contributed by atoms with van der Waals surface area (Å²) >= 11 is 0. The van der Waals surface area contributed by atoms with Gasteiger partial charge in [0, 0.05) is 11.6 Å². The Kier molecular flexibility index (Phi) is 2.82. The van der Waals surface area contributed by atoms with E-state index in [1.807, 2.05) is 19.1 Å². The van der Waals surface area contributed by atoms with Gasteiger partial charge in [-0.25, -0.2) is 4.79 Å². The second-order valence-corrected chi connectivity index (χ2v) is 3.62. The van der Waals surface area contributed by atoms with E-state index in [1.165, 1.54) is 6.07 Å². The number of carbonyl (C=O) groups is 1. The van der Waals surface area contributed by atoms with Crippen LogP contribution in [0.2, 0.25) is 0 Å². The lowest BCUT2D eigenvalue weighted by molar-refractivity contribution is 0.0686. The topological polar surface area (TPSA) is 72.6 Å². The van der Waals surface area contributed by atoms with Crippen LogP contribution in [0.1, 0.15) is 16.1 Å². The highest BCUT2D eigenvalue weighted by molar-refractivity contribution is 5.86. The Morgan fingerprint density at radius 1 is 1.35 bits per heavy atom. The first-order valence-electron chi connectivity index (χ1n) is 4.96. The predicted octanol–water partition coefficient (Wildman–Crippen LogP) is 2.36. The second kappa shape index (κ2) is 4.29. The molecule has 88 valence electrons. The largest absolute Gasteiger partial charge is 0.497 e. The summed E-state index contributed by atoms with van der Waals surface area (Å²) in [5.41, 5.74) is 1.62. The zero-order valence-electron chi connectivity index (χ0n) is 9.43. The molecule has 17 heavy (non-hydrogen) atoms. The monoisotopic (exact) mass is 233 g/mol. The molecule has 2 aromatic rings. The molecule has 0 atom stereocenters. The molecule has 1 N–H and O–H groups in total. The Balaban J connectivity index is 2.44. The molecule has 1 heterocycles. The third-order valence-corrected chi connectivity index (χ3v) is 2.30. The van der Waals surface area contributed by atoms with Crippen molar-refractivity contribution in [1.82, 2.24) is 5.16 Å². The molecule has 0 aliphatic heterocycles. The lowest BCUT2D eigenvalue weighted by Crippen LogP contribution is -1.94. The highest BCUT2D eigenvalue weighted by atomic mass is 16.5. The number of hydrogen-bond donors (Lipinski definition) is 1. The summed E-state index contributed by atoms with van der Waals surface area (Å²) in [6.45, 7) is 1.92. The Hall–Kier alpha value is -2.30. The fourth-order valence-corrected chi connectivity index (χ4v) is 1.52. The first-order valence-corrected chi connectivity index (χ1v) is 4.96. The molecule has 0 unspecified atom stereocenters. The van der Waals surface area contributed by atoms with Gasteiger partial charge in [0.1, 0.15) is 5.75 Å². The Morgan fingerprint density at radius 2 is 2.12 bits per heavy atom. The summed E-state index contributed by atoms with van der Waals surface area (Å²) in [5, 5.41) is 12.2. The summed E-state index contributed by atoms with van der Waals surface area (Å²) in [6.07, 6.45) is 0. The number of carboxylic acids is 1. The molecular formula is C12H11NO4. The highest BCUT2D eigenvalue weighted by Gasteiger charge is 2.12. The van der Waals surface area contributed by atoms with Crippen LogP contribution in [0.15, 0.2) is 28.8 Å². The molecule has 0 radical (unpaired) electrons. The molecule has 2 rings (SSSR count). The lowest BCUT2D eigenvalue weighted by Gasteiger charge is -2.03. The number of aryl methyl sites for hydroxylation is 1. The van der Waals surface area contributed by atoms with Crippen molar-refractivity contribution in [3.63, 3.8) is 0 Å². The normalized spacial score (nSPS) is 10.2. The minimum atomic E-state index is -1.11. The standard InChI is InChI=1S/C12H11NO4/c1-7-3-8(5-9(4-7)16-2)11-6-10(12(14)15)13-17-11/h3-6H,1-2H3,(H,14,15). The van der Waals surface area contributed by atoms with Gasteiger partial charge in [0.15, 0.2) is 11.5 Å². The van der Waals surface area contributed by atoms with Gasteiger partial charge in [-0.3, -0.25) is 0 Å². The lowest BCUT2D eigenvalue weighted by atomic mass is 10.1. The van der Waals surface area contributed by atoms with Gasteiger partial charge in [0.2, 0.25) is 0 Å². The predicted molar refractivity (Wildman–Crippen MR) is 60.2 cm³/mol. The van der Waals surface area contributed by atoms with Gasteiger partial charge in [-0.2, -0.15) is 0 Å². The molecule has 5 heteroatoms. The number of rotatable bonds is 3. The molecule has 0 saturated heterocycles. The molecule has 0 saturated carbocycles. The van der Waals surface area contributed by atoms with E-state index < -0.39 is 5.97 Å². The van der Waals surface area contributed by atoms with Crippen molar-refractivity contribution < 1.29 is 19.2 Å². The number of nitrogens with zero attached hydrogens (tertiary/aromatic N) is 1. The summed E-state index contributed by atoms with van der Waals surface area (Å²) < 4.78 is 10.1. The zero-order valence-corrected chi connectivity index (χ0v) is 9.43. The van der Waals surface area contributed by atoms with Crippen molar-refractivity contribution in [2.45, 2.75) is 6.92 Å². The summed E-state index contributed by atoms with van der Waals surface area (Å²) in [7, 11) is 1.57.